The molecule has 0 unspecified atom stereocenters. The fraction of sp³-hybridized carbons (Fsp3) is 0.600. The number of nitrogens with two attached hydrogens (primary N) is 1. The van der Waals surface area contributed by atoms with Crippen molar-refractivity contribution in [2.75, 3.05) is 44.8 Å². The van der Waals surface area contributed by atoms with Crippen molar-refractivity contribution >= 4 is 11.6 Å². The summed E-state index contributed by atoms with van der Waals surface area (Å²) < 4.78 is 5.02. The average Bonchev–Trinajstić information content (AvgIpc) is 2.52. The molecule has 6 heteroatoms. The van der Waals surface area contributed by atoms with E-state index in [1.165, 1.54) is 0 Å². The van der Waals surface area contributed by atoms with E-state index in [-0.39, 0.29) is 0 Å². The van der Waals surface area contributed by atoms with E-state index < -0.39 is 5.91 Å². The lowest BCUT2D eigenvalue weighted by Gasteiger charge is -2.33. The zero-order chi connectivity index (χ0) is 15.1. The van der Waals surface area contributed by atoms with Gasteiger partial charge in [-0.15, -0.1) is 0 Å². The molecule has 21 heavy (non-hydrogen) atoms. The second-order valence-corrected chi connectivity index (χ2v) is 5.39. The minimum atomic E-state index is -0.478. The fourth-order valence-corrected chi connectivity index (χ4v) is 2.63. The molecule has 2 heterocycles. The largest absolute Gasteiger partial charge is 0.383 e. The van der Waals surface area contributed by atoms with Crippen molar-refractivity contribution in [2.45, 2.75) is 12.8 Å². The van der Waals surface area contributed by atoms with Gasteiger partial charge in [-0.1, -0.05) is 0 Å². The van der Waals surface area contributed by atoms with Gasteiger partial charge < -0.3 is 20.7 Å². The van der Waals surface area contributed by atoms with Crippen LogP contribution in [0.5, 0.6) is 0 Å². The highest BCUT2D eigenvalue weighted by Crippen LogP contribution is 2.23. The topological polar surface area (TPSA) is 80.5 Å². The van der Waals surface area contributed by atoms with Crippen LogP contribution in [0.1, 0.15) is 23.3 Å². The summed E-state index contributed by atoms with van der Waals surface area (Å²) in [5.74, 6) is 0.227. The van der Waals surface area contributed by atoms with Gasteiger partial charge in [0.1, 0.15) is 5.69 Å². The number of nitrogens with one attached hydrogen (secondary N) is 1. The predicted molar refractivity (Wildman–Crippen MR) is 82.4 cm³/mol. The number of hydrogen-bond donors (Lipinski definition) is 2. The van der Waals surface area contributed by atoms with E-state index in [0.717, 1.165) is 51.3 Å². The third-order valence-electron chi connectivity index (χ3n) is 3.89. The van der Waals surface area contributed by atoms with E-state index in [9.17, 15) is 4.79 Å². The van der Waals surface area contributed by atoms with Gasteiger partial charge in [-0.2, -0.15) is 0 Å². The molecule has 1 fully saturated rings. The quantitative estimate of drug-likeness (QED) is 0.721. The van der Waals surface area contributed by atoms with E-state index in [1.807, 2.05) is 6.07 Å². The van der Waals surface area contributed by atoms with Crippen LogP contribution in [-0.4, -0.2) is 50.8 Å². The van der Waals surface area contributed by atoms with Crippen LogP contribution in [0.15, 0.2) is 18.3 Å². The summed E-state index contributed by atoms with van der Waals surface area (Å²) in [6.45, 7) is 4.70. The molecule has 0 aromatic carbocycles. The molecule has 1 amide bonds. The van der Waals surface area contributed by atoms with Crippen LogP contribution in [0.4, 0.5) is 5.69 Å². The summed E-state index contributed by atoms with van der Waals surface area (Å²) >= 11 is 0. The van der Waals surface area contributed by atoms with E-state index in [0.29, 0.717) is 11.6 Å². The van der Waals surface area contributed by atoms with Gasteiger partial charge in [-0.05, 0) is 37.4 Å². The van der Waals surface area contributed by atoms with Crippen LogP contribution >= 0.6 is 0 Å². The van der Waals surface area contributed by atoms with Gasteiger partial charge in [0.15, 0.2) is 0 Å². The molecule has 2 rings (SSSR count). The van der Waals surface area contributed by atoms with Gasteiger partial charge in [0, 0.05) is 38.6 Å². The van der Waals surface area contributed by atoms with Crippen molar-refractivity contribution in [3.05, 3.63) is 24.0 Å². The normalized spacial score (nSPS) is 16.1. The molecule has 0 bridgehead atoms. The van der Waals surface area contributed by atoms with Gasteiger partial charge in [0.2, 0.25) is 0 Å². The van der Waals surface area contributed by atoms with Gasteiger partial charge in [-0.25, -0.2) is 0 Å². The molecule has 0 saturated carbocycles. The Morgan fingerprint density at radius 2 is 2.29 bits per heavy atom. The summed E-state index contributed by atoms with van der Waals surface area (Å²) in [5.41, 5.74) is 6.64. The second kappa shape index (κ2) is 7.95. The summed E-state index contributed by atoms with van der Waals surface area (Å²) in [4.78, 5) is 17.5. The molecule has 0 atom stereocenters. The van der Waals surface area contributed by atoms with Crippen LogP contribution in [0.3, 0.4) is 0 Å². The Kier molecular flexibility index (Phi) is 5.95. The summed E-state index contributed by atoms with van der Waals surface area (Å²) in [7, 11) is 1.72. The number of nitrogens with zero attached hydrogens (tertiary/aromatic N) is 2. The molecule has 1 aromatic rings. The zero-order valence-corrected chi connectivity index (χ0v) is 12.5. The lowest BCUT2D eigenvalue weighted by atomic mass is 9.96. The number of hydrogen-bond acceptors (Lipinski definition) is 5. The number of carbonyl (C=O) groups is 1. The number of primary amides is 1. The third kappa shape index (κ3) is 4.68. The molecule has 3 N–H and O–H groups in total. The highest BCUT2D eigenvalue weighted by Gasteiger charge is 2.19. The fourth-order valence-electron chi connectivity index (χ4n) is 2.63. The number of rotatable bonds is 7. The van der Waals surface area contributed by atoms with Crippen LogP contribution in [0.2, 0.25) is 0 Å². The molecule has 1 aromatic heterocycles. The predicted octanol–water partition coefficient (Wildman–Crippen LogP) is 0.633. The Morgan fingerprint density at radius 3 is 2.95 bits per heavy atom. The number of aromatic nitrogens is 1. The Hall–Kier alpha value is -1.66. The van der Waals surface area contributed by atoms with Crippen molar-refractivity contribution in [1.82, 2.24) is 10.3 Å². The maximum absolute atomic E-state index is 11.2. The number of pyridine rings is 1. The first-order chi connectivity index (χ1) is 10.2. The zero-order valence-electron chi connectivity index (χ0n) is 12.5. The molecular weight excluding hydrogens is 268 g/mol. The summed E-state index contributed by atoms with van der Waals surface area (Å²) in [6.07, 6.45) is 3.94. The standard InChI is InChI=1S/C15H24N4O2/c1-21-9-6-17-11-12-3-7-19(8-4-12)13-2-5-18-14(10-13)15(16)20/h2,5,10,12,17H,3-4,6-9,11H2,1H3,(H2,16,20). The number of piperidine rings is 1. The first-order valence-electron chi connectivity index (χ1n) is 7.41. The first kappa shape index (κ1) is 15.7. The van der Waals surface area contributed by atoms with Crippen molar-refractivity contribution in [2.24, 2.45) is 11.7 Å². The number of carbonyl (C=O) groups excluding carboxylic acids is 1. The van der Waals surface area contributed by atoms with E-state index in [2.05, 4.69) is 15.2 Å². The lowest BCUT2D eigenvalue weighted by Crippen LogP contribution is -2.38. The van der Waals surface area contributed by atoms with Crippen molar-refractivity contribution in [3.63, 3.8) is 0 Å². The Bertz CT molecular complexity index is 459. The summed E-state index contributed by atoms with van der Waals surface area (Å²) in [6, 6.07) is 3.71. The highest BCUT2D eigenvalue weighted by atomic mass is 16.5. The first-order valence-corrected chi connectivity index (χ1v) is 7.41. The molecule has 1 aliphatic rings. The molecular formula is C15H24N4O2. The molecule has 0 aliphatic carbocycles. The van der Waals surface area contributed by atoms with Crippen LogP contribution < -0.4 is 16.0 Å². The van der Waals surface area contributed by atoms with Crippen molar-refractivity contribution in [3.8, 4) is 0 Å². The summed E-state index contributed by atoms with van der Waals surface area (Å²) in [5, 5.41) is 3.42. The monoisotopic (exact) mass is 292 g/mol. The maximum atomic E-state index is 11.2. The number of methoxy groups -OCH3 is 1. The van der Waals surface area contributed by atoms with Gasteiger partial charge in [-0.3, -0.25) is 9.78 Å². The number of amides is 1. The maximum Gasteiger partial charge on any atom is 0.267 e. The average molecular weight is 292 g/mol. The SMILES string of the molecule is COCCNCC1CCN(c2ccnc(C(N)=O)c2)CC1. The van der Waals surface area contributed by atoms with E-state index >= 15 is 0 Å². The lowest BCUT2D eigenvalue weighted by molar-refractivity contribution is 0.0995. The smallest absolute Gasteiger partial charge is 0.267 e. The van der Waals surface area contributed by atoms with Gasteiger partial charge in [0.25, 0.3) is 5.91 Å². The number of ether oxygens (including phenoxy) is 1. The van der Waals surface area contributed by atoms with Crippen LogP contribution in [0, 0.1) is 5.92 Å². The molecule has 1 saturated heterocycles. The highest BCUT2D eigenvalue weighted by molar-refractivity contribution is 5.91. The second-order valence-electron chi connectivity index (χ2n) is 5.39. The molecule has 116 valence electrons. The molecule has 6 nitrogen and oxygen atoms in total. The third-order valence-corrected chi connectivity index (χ3v) is 3.89. The molecule has 1 aliphatic heterocycles. The Balaban J connectivity index is 1.81. The minimum absolute atomic E-state index is 0.329. The Labute approximate surface area is 125 Å². The molecule has 0 spiro atoms. The molecule has 0 radical (unpaired) electrons. The van der Waals surface area contributed by atoms with Crippen molar-refractivity contribution < 1.29 is 9.53 Å². The van der Waals surface area contributed by atoms with E-state index in [1.54, 1.807) is 19.4 Å². The van der Waals surface area contributed by atoms with Crippen LogP contribution in [-0.2, 0) is 4.74 Å². The minimum Gasteiger partial charge on any atom is -0.383 e. The van der Waals surface area contributed by atoms with Gasteiger partial charge in [0.05, 0.1) is 6.61 Å². The van der Waals surface area contributed by atoms with E-state index in [4.69, 9.17) is 10.5 Å². The number of anilines is 1. The van der Waals surface area contributed by atoms with Gasteiger partial charge >= 0.3 is 0 Å². The van der Waals surface area contributed by atoms with Crippen LogP contribution in [0.25, 0.3) is 0 Å². The van der Waals surface area contributed by atoms with Crippen molar-refractivity contribution in [1.29, 1.82) is 0 Å². The Morgan fingerprint density at radius 1 is 1.52 bits per heavy atom.